The van der Waals surface area contributed by atoms with Crippen molar-refractivity contribution < 1.29 is 0 Å². The van der Waals surface area contributed by atoms with E-state index >= 15 is 0 Å². The Hall–Kier alpha value is -3.22. The van der Waals surface area contributed by atoms with E-state index in [1.54, 1.807) is 0 Å². The summed E-state index contributed by atoms with van der Waals surface area (Å²) < 4.78 is 0. The molecule has 0 heterocycles. The second kappa shape index (κ2) is 6.49. The zero-order valence-corrected chi connectivity index (χ0v) is 12.0. The maximum absolute atomic E-state index is 5.72. The summed E-state index contributed by atoms with van der Waals surface area (Å²) in [6.45, 7) is 0. The van der Waals surface area contributed by atoms with Crippen molar-refractivity contribution in [3.63, 3.8) is 0 Å². The SMILES string of the molecule is C#Cc1c(C#Cc2ccccc2)[c]ccc1-c1ccccc1. The van der Waals surface area contributed by atoms with Gasteiger partial charge in [0.05, 0.1) is 0 Å². The van der Waals surface area contributed by atoms with Gasteiger partial charge in [0.1, 0.15) is 0 Å². The fourth-order valence-corrected chi connectivity index (χ4v) is 2.26. The maximum Gasteiger partial charge on any atom is 0.0490 e. The van der Waals surface area contributed by atoms with Crippen LogP contribution in [0.25, 0.3) is 11.1 Å². The number of hydrogen-bond donors (Lipinski definition) is 0. The highest BCUT2D eigenvalue weighted by Gasteiger charge is 2.06. The monoisotopic (exact) mass is 277 g/mol. The highest BCUT2D eigenvalue weighted by molar-refractivity contribution is 5.74. The molecule has 101 valence electrons. The van der Waals surface area contributed by atoms with Gasteiger partial charge in [-0.3, -0.25) is 0 Å². The van der Waals surface area contributed by atoms with Crippen molar-refractivity contribution in [1.82, 2.24) is 0 Å². The van der Waals surface area contributed by atoms with Gasteiger partial charge in [0.2, 0.25) is 0 Å². The Morgan fingerprint density at radius 1 is 0.773 bits per heavy atom. The van der Waals surface area contributed by atoms with Crippen LogP contribution in [-0.2, 0) is 0 Å². The minimum Gasteiger partial charge on any atom is -0.115 e. The molecule has 0 bridgehead atoms. The third kappa shape index (κ3) is 2.93. The van der Waals surface area contributed by atoms with Gasteiger partial charge >= 0.3 is 0 Å². The molecule has 0 aromatic heterocycles. The minimum atomic E-state index is 0.757. The number of benzene rings is 3. The Labute approximate surface area is 131 Å². The van der Waals surface area contributed by atoms with Crippen LogP contribution in [-0.4, -0.2) is 0 Å². The van der Waals surface area contributed by atoms with Crippen molar-refractivity contribution in [3.05, 3.63) is 95.6 Å². The van der Waals surface area contributed by atoms with E-state index in [1.807, 2.05) is 72.8 Å². The molecule has 0 saturated carbocycles. The molecule has 3 rings (SSSR count). The molecular formula is C22H13. The van der Waals surface area contributed by atoms with Crippen molar-refractivity contribution in [2.24, 2.45) is 0 Å². The van der Waals surface area contributed by atoms with Crippen LogP contribution in [0.3, 0.4) is 0 Å². The third-order valence-electron chi connectivity index (χ3n) is 3.33. The standard InChI is InChI=1S/C22H13/c1-2-21-20(17-16-18-10-5-3-6-11-18)14-9-15-22(21)19-12-7-4-8-13-19/h1,3-13,15H. The van der Waals surface area contributed by atoms with Gasteiger partial charge in [0.15, 0.2) is 0 Å². The van der Waals surface area contributed by atoms with Crippen molar-refractivity contribution >= 4 is 0 Å². The molecule has 0 saturated heterocycles. The molecule has 0 aliphatic rings. The van der Waals surface area contributed by atoms with Crippen molar-refractivity contribution in [2.75, 3.05) is 0 Å². The summed E-state index contributed by atoms with van der Waals surface area (Å²) >= 11 is 0. The van der Waals surface area contributed by atoms with Gasteiger partial charge in [-0.25, -0.2) is 0 Å². The van der Waals surface area contributed by atoms with Crippen LogP contribution in [0.4, 0.5) is 0 Å². The van der Waals surface area contributed by atoms with Gasteiger partial charge in [0.25, 0.3) is 0 Å². The largest absolute Gasteiger partial charge is 0.115 e. The van der Waals surface area contributed by atoms with E-state index < -0.39 is 0 Å². The summed E-state index contributed by atoms with van der Waals surface area (Å²) in [6.07, 6.45) is 5.72. The van der Waals surface area contributed by atoms with Gasteiger partial charge in [-0.05, 0) is 29.3 Å². The summed E-state index contributed by atoms with van der Waals surface area (Å²) in [4.78, 5) is 0. The van der Waals surface area contributed by atoms with Crippen LogP contribution >= 0.6 is 0 Å². The van der Waals surface area contributed by atoms with Crippen LogP contribution in [0.2, 0.25) is 0 Å². The Kier molecular flexibility index (Phi) is 4.05. The fourth-order valence-electron chi connectivity index (χ4n) is 2.26. The van der Waals surface area contributed by atoms with Crippen LogP contribution in [0.15, 0.2) is 72.8 Å². The molecule has 0 fully saturated rings. The van der Waals surface area contributed by atoms with E-state index in [0.717, 1.165) is 27.8 Å². The predicted molar refractivity (Wildman–Crippen MR) is 91.1 cm³/mol. The summed E-state index contributed by atoms with van der Waals surface area (Å²) in [6, 6.07) is 27.0. The molecule has 0 spiro atoms. The van der Waals surface area contributed by atoms with Crippen LogP contribution in [0, 0.1) is 30.3 Å². The molecule has 22 heavy (non-hydrogen) atoms. The lowest BCUT2D eigenvalue weighted by Gasteiger charge is -2.06. The molecule has 0 aliphatic heterocycles. The molecule has 0 N–H and O–H groups in total. The van der Waals surface area contributed by atoms with Crippen molar-refractivity contribution in [1.29, 1.82) is 0 Å². The average Bonchev–Trinajstić information content (AvgIpc) is 2.61. The molecule has 1 radical (unpaired) electrons. The smallest absolute Gasteiger partial charge is 0.0490 e. The Morgan fingerprint density at radius 2 is 1.45 bits per heavy atom. The number of terminal acetylenes is 1. The van der Waals surface area contributed by atoms with Gasteiger partial charge in [0, 0.05) is 16.7 Å². The average molecular weight is 277 g/mol. The second-order valence-electron chi connectivity index (χ2n) is 4.77. The van der Waals surface area contributed by atoms with E-state index in [-0.39, 0.29) is 0 Å². The first-order valence-electron chi connectivity index (χ1n) is 7.02. The lowest BCUT2D eigenvalue weighted by atomic mass is 9.96. The molecule has 0 aliphatic carbocycles. The maximum atomic E-state index is 5.72. The van der Waals surface area contributed by atoms with Crippen molar-refractivity contribution in [2.45, 2.75) is 0 Å². The third-order valence-corrected chi connectivity index (χ3v) is 3.33. The lowest BCUT2D eigenvalue weighted by Crippen LogP contribution is -1.90. The number of rotatable bonds is 1. The highest BCUT2D eigenvalue weighted by atomic mass is 14.1. The van der Waals surface area contributed by atoms with Crippen LogP contribution < -0.4 is 0 Å². The van der Waals surface area contributed by atoms with Gasteiger partial charge in [-0.2, -0.15) is 0 Å². The molecule has 3 aromatic rings. The van der Waals surface area contributed by atoms with Gasteiger partial charge in [-0.1, -0.05) is 78.4 Å². The second-order valence-corrected chi connectivity index (χ2v) is 4.77. The first-order chi connectivity index (χ1) is 10.9. The predicted octanol–water partition coefficient (Wildman–Crippen LogP) is 4.53. The minimum absolute atomic E-state index is 0.757. The van der Waals surface area contributed by atoms with Crippen molar-refractivity contribution in [3.8, 4) is 35.3 Å². The topological polar surface area (TPSA) is 0 Å². The Morgan fingerprint density at radius 3 is 2.14 bits per heavy atom. The van der Waals surface area contributed by atoms with E-state index in [1.165, 1.54) is 0 Å². The highest BCUT2D eigenvalue weighted by Crippen LogP contribution is 2.25. The zero-order chi connectivity index (χ0) is 15.2. The lowest BCUT2D eigenvalue weighted by molar-refractivity contribution is 1.54. The molecule has 0 atom stereocenters. The molecule has 0 nitrogen and oxygen atoms in total. The zero-order valence-electron chi connectivity index (χ0n) is 12.0. The molecule has 0 amide bonds. The Balaban J connectivity index is 2.08. The molecule has 0 unspecified atom stereocenters. The number of hydrogen-bond acceptors (Lipinski definition) is 0. The molecule has 0 heteroatoms. The first-order valence-corrected chi connectivity index (χ1v) is 7.02. The summed E-state index contributed by atoms with van der Waals surface area (Å²) in [5.74, 6) is 9.05. The fraction of sp³-hybridized carbons (Fsp3) is 0. The van der Waals surface area contributed by atoms with Gasteiger partial charge < -0.3 is 0 Å². The molecule has 3 aromatic carbocycles. The summed E-state index contributed by atoms with van der Waals surface area (Å²) in [7, 11) is 0. The van der Waals surface area contributed by atoms with E-state index in [0.29, 0.717) is 0 Å². The van der Waals surface area contributed by atoms with Gasteiger partial charge in [-0.15, -0.1) is 6.42 Å². The normalized spacial score (nSPS) is 9.41. The van der Waals surface area contributed by atoms with Crippen LogP contribution in [0.1, 0.15) is 16.7 Å². The Bertz CT molecular complexity index is 870. The first kappa shape index (κ1) is 13.7. The quantitative estimate of drug-likeness (QED) is 0.573. The molecular weight excluding hydrogens is 264 g/mol. The van der Waals surface area contributed by atoms with E-state index in [9.17, 15) is 0 Å². The van der Waals surface area contributed by atoms with Crippen LogP contribution in [0.5, 0.6) is 0 Å². The summed E-state index contributed by atoms with van der Waals surface area (Å²) in [5, 5.41) is 0. The summed E-state index contributed by atoms with van der Waals surface area (Å²) in [5.41, 5.74) is 4.61. The van der Waals surface area contributed by atoms with E-state index in [2.05, 4.69) is 23.8 Å². The van der Waals surface area contributed by atoms with E-state index in [4.69, 9.17) is 6.42 Å².